The molecular formula is C13H21N3O2. The lowest BCUT2D eigenvalue weighted by Gasteiger charge is -2.35. The molecule has 1 aliphatic rings. The number of pyridine rings is 1. The second-order valence-electron chi connectivity index (χ2n) is 5.10. The molecule has 1 fully saturated rings. The Hall–Kier alpha value is -1.17. The Morgan fingerprint density at radius 2 is 2.22 bits per heavy atom. The van der Waals surface area contributed by atoms with Crippen molar-refractivity contribution >= 4 is 5.82 Å². The molecule has 0 amide bonds. The molecule has 2 heterocycles. The van der Waals surface area contributed by atoms with Gasteiger partial charge in [-0.2, -0.15) is 0 Å². The minimum atomic E-state index is -0.619. The molecule has 1 aliphatic heterocycles. The molecule has 0 aliphatic carbocycles. The molecule has 0 spiro atoms. The number of hydrogen-bond acceptors (Lipinski definition) is 5. The maximum atomic E-state index is 10.4. The van der Waals surface area contributed by atoms with Crippen molar-refractivity contribution in [3.05, 3.63) is 23.9 Å². The van der Waals surface area contributed by atoms with Crippen molar-refractivity contribution < 1.29 is 9.84 Å². The molecule has 0 radical (unpaired) electrons. The molecule has 1 saturated heterocycles. The Labute approximate surface area is 108 Å². The summed E-state index contributed by atoms with van der Waals surface area (Å²) in [6.07, 6.45) is 3.12. The molecule has 5 nitrogen and oxygen atoms in total. The van der Waals surface area contributed by atoms with E-state index in [4.69, 9.17) is 10.5 Å². The van der Waals surface area contributed by atoms with Crippen LogP contribution in [0.1, 0.15) is 18.4 Å². The first-order chi connectivity index (χ1) is 8.57. The highest BCUT2D eigenvalue weighted by molar-refractivity contribution is 5.31. The van der Waals surface area contributed by atoms with Crippen LogP contribution in [0.3, 0.4) is 0 Å². The van der Waals surface area contributed by atoms with Crippen LogP contribution in [-0.2, 0) is 11.3 Å². The van der Waals surface area contributed by atoms with E-state index >= 15 is 0 Å². The van der Waals surface area contributed by atoms with Gasteiger partial charge in [-0.25, -0.2) is 4.98 Å². The summed E-state index contributed by atoms with van der Waals surface area (Å²) in [5.41, 5.74) is 6.14. The van der Waals surface area contributed by atoms with Crippen molar-refractivity contribution in [2.45, 2.75) is 25.0 Å². The Morgan fingerprint density at radius 3 is 2.89 bits per heavy atom. The number of nitrogens with zero attached hydrogens (tertiary/aromatic N) is 2. The summed E-state index contributed by atoms with van der Waals surface area (Å²) in [7, 11) is 2.00. The van der Waals surface area contributed by atoms with Gasteiger partial charge in [0.25, 0.3) is 0 Å². The number of anilines is 1. The summed E-state index contributed by atoms with van der Waals surface area (Å²) in [4.78, 5) is 6.08. The van der Waals surface area contributed by atoms with E-state index in [1.165, 1.54) is 0 Å². The minimum Gasteiger partial charge on any atom is -0.388 e. The molecule has 0 bridgehead atoms. The first-order valence-electron chi connectivity index (χ1n) is 6.26. The number of hydrogen-bond donors (Lipinski definition) is 2. The third-order valence-electron chi connectivity index (χ3n) is 3.29. The summed E-state index contributed by atoms with van der Waals surface area (Å²) >= 11 is 0. The van der Waals surface area contributed by atoms with Crippen molar-refractivity contribution in [2.24, 2.45) is 0 Å². The molecule has 0 saturated carbocycles. The maximum absolute atomic E-state index is 10.4. The van der Waals surface area contributed by atoms with Crippen LogP contribution in [0.2, 0.25) is 0 Å². The van der Waals surface area contributed by atoms with E-state index in [9.17, 15) is 5.11 Å². The number of nitrogens with two attached hydrogens (primary N) is 1. The summed E-state index contributed by atoms with van der Waals surface area (Å²) in [5, 5.41) is 10.4. The van der Waals surface area contributed by atoms with Crippen molar-refractivity contribution in [3.63, 3.8) is 0 Å². The van der Waals surface area contributed by atoms with Gasteiger partial charge in [0.15, 0.2) is 0 Å². The third-order valence-corrected chi connectivity index (χ3v) is 3.29. The van der Waals surface area contributed by atoms with Gasteiger partial charge in [0.2, 0.25) is 0 Å². The predicted molar refractivity (Wildman–Crippen MR) is 70.0 cm³/mol. The van der Waals surface area contributed by atoms with E-state index in [1.807, 2.05) is 19.2 Å². The molecule has 3 N–H and O–H groups in total. The van der Waals surface area contributed by atoms with Crippen LogP contribution >= 0.6 is 0 Å². The van der Waals surface area contributed by atoms with Crippen molar-refractivity contribution in [1.29, 1.82) is 0 Å². The SMILES string of the molecule is CN(Cc1ccnc(N)c1)CC1(O)CCOCC1. The highest BCUT2D eigenvalue weighted by atomic mass is 16.5. The van der Waals surface area contributed by atoms with Crippen LogP contribution in [0.5, 0.6) is 0 Å². The largest absolute Gasteiger partial charge is 0.388 e. The topological polar surface area (TPSA) is 71.6 Å². The van der Waals surface area contributed by atoms with E-state index in [1.54, 1.807) is 6.20 Å². The summed E-state index contributed by atoms with van der Waals surface area (Å²) in [6.45, 7) is 2.70. The first-order valence-corrected chi connectivity index (χ1v) is 6.26. The van der Waals surface area contributed by atoms with Gasteiger partial charge in [-0.3, -0.25) is 4.90 Å². The predicted octanol–water partition coefficient (Wildman–Crippen LogP) is 0.637. The minimum absolute atomic E-state index is 0.533. The van der Waals surface area contributed by atoms with Crippen molar-refractivity contribution in [2.75, 3.05) is 32.5 Å². The standard InChI is InChI=1S/C13H21N3O2/c1-16(9-11-2-5-15-12(14)8-11)10-13(17)3-6-18-7-4-13/h2,5,8,17H,3-4,6-7,9-10H2,1H3,(H2,14,15). The maximum Gasteiger partial charge on any atom is 0.123 e. The van der Waals surface area contributed by atoms with Gasteiger partial charge in [-0.15, -0.1) is 0 Å². The van der Waals surface area contributed by atoms with Crippen LogP contribution in [0.15, 0.2) is 18.3 Å². The van der Waals surface area contributed by atoms with Gasteiger partial charge in [0, 0.05) is 45.3 Å². The number of rotatable bonds is 4. The average molecular weight is 251 g/mol. The molecular weight excluding hydrogens is 230 g/mol. The van der Waals surface area contributed by atoms with E-state index < -0.39 is 5.60 Å². The number of ether oxygens (including phenoxy) is 1. The van der Waals surface area contributed by atoms with Crippen LogP contribution in [-0.4, -0.2) is 47.4 Å². The molecule has 100 valence electrons. The van der Waals surface area contributed by atoms with Crippen LogP contribution in [0, 0.1) is 0 Å². The molecule has 0 unspecified atom stereocenters. The zero-order valence-corrected chi connectivity index (χ0v) is 10.8. The first kappa shape index (κ1) is 13.3. The second-order valence-corrected chi connectivity index (χ2v) is 5.10. The summed E-state index contributed by atoms with van der Waals surface area (Å²) in [5.74, 6) is 0.533. The number of nitrogen functional groups attached to an aromatic ring is 1. The molecule has 1 aromatic rings. The number of likely N-dealkylation sites (N-methyl/N-ethyl adjacent to an activating group) is 1. The smallest absolute Gasteiger partial charge is 0.123 e. The fourth-order valence-corrected chi connectivity index (χ4v) is 2.37. The molecule has 5 heteroatoms. The van der Waals surface area contributed by atoms with Crippen LogP contribution in [0.25, 0.3) is 0 Å². The highest BCUT2D eigenvalue weighted by Gasteiger charge is 2.30. The molecule has 0 aromatic carbocycles. The van der Waals surface area contributed by atoms with Crippen LogP contribution in [0.4, 0.5) is 5.82 Å². The summed E-state index contributed by atoms with van der Waals surface area (Å²) < 4.78 is 5.28. The Balaban J connectivity index is 1.90. The molecule has 2 rings (SSSR count). The fourth-order valence-electron chi connectivity index (χ4n) is 2.37. The van der Waals surface area contributed by atoms with Gasteiger partial charge in [-0.1, -0.05) is 0 Å². The highest BCUT2D eigenvalue weighted by Crippen LogP contribution is 2.22. The Bertz CT molecular complexity index is 392. The van der Waals surface area contributed by atoms with Crippen molar-refractivity contribution in [1.82, 2.24) is 9.88 Å². The average Bonchev–Trinajstić information content (AvgIpc) is 2.28. The van der Waals surface area contributed by atoms with E-state index in [2.05, 4.69) is 9.88 Å². The summed E-state index contributed by atoms with van der Waals surface area (Å²) in [6, 6.07) is 3.81. The normalized spacial score (nSPS) is 19.1. The molecule has 1 aromatic heterocycles. The zero-order chi connectivity index (χ0) is 13.0. The van der Waals surface area contributed by atoms with E-state index in [0.717, 1.165) is 12.1 Å². The Kier molecular flexibility index (Phi) is 4.16. The monoisotopic (exact) mass is 251 g/mol. The second kappa shape index (κ2) is 5.65. The quantitative estimate of drug-likeness (QED) is 0.821. The van der Waals surface area contributed by atoms with E-state index in [0.29, 0.717) is 38.4 Å². The van der Waals surface area contributed by atoms with Gasteiger partial charge in [0.05, 0.1) is 5.60 Å². The Morgan fingerprint density at radius 1 is 1.50 bits per heavy atom. The van der Waals surface area contributed by atoms with Gasteiger partial charge in [-0.05, 0) is 24.7 Å². The molecule has 18 heavy (non-hydrogen) atoms. The van der Waals surface area contributed by atoms with Gasteiger partial charge in [0.1, 0.15) is 5.82 Å². The lowest BCUT2D eigenvalue weighted by Crippen LogP contribution is -2.45. The number of aliphatic hydroxyl groups is 1. The van der Waals surface area contributed by atoms with Crippen LogP contribution < -0.4 is 5.73 Å². The van der Waals surface area contributed by atoms with E-state index in [-0.39, 0.29) is 0 Å². The molecule has 0 atom stereocenters. The lowest BCUT2D eigenvalue weighted by molar-refractivity contribution is -0.0777. The number of aromatic nitrogens is 1. The van der Waals surface area contributed by atoms with Gasteiger partial charge >= 0.3 is 0 Å². The third kappa shape index (κ3) is 3.66. The van der Waals surface area contributed by atoms with Crippen molar-refractivity contribution in [3.8, 4) is 0 Å². The van der Waals surface area contributed by atoms with Gasteiger partial charge < -0.3 is 15.6 Å². The zero-order valence-electron chi connectivity index (χ0n) is 10.8. The lowest BCUT2D eigenvalue weighted by atomic mass is 9.94. The fraction of sp³-hybridized carbons (Fsp3) is 0.615.